The van der Waals surface area contributed by atoms with Crippen LogP contribution in [0.15, 0.2) is 60.7 Å². The van der Waals surface area contributed by atoms with Crippen LogP contribution in [0, 0.1) is 0 Å². The lowest BCUT2D eigenvalue weighted by Crippen LogP contribution is -2.65. The molecule has 10 nitrogen and oxygen atoms in total. The molecular formula is C26H31NO9. The average Bonchev–Trinajstić information content (AvgIpc) is 2.88. The highest BCUT2D eigenvalue weighted by Crippen LogP contribution is 2.24. The molecule has 1 fully saturated rings. The molecule has 5 atom stereocenters. The fraction of sp³-hybridized carbons (Fsp3) is 0.423. The van der Waals surface area contributed by atoms with E-state index in [2.05, 4.69) is 5.32 Å². The largest absolute Gasteiger partial charge is 0.463 e. The van der Waals surface area contributed by atoms with Crippen LogP contribution in [-0.2, 0) is 41.8 Å². The number of ketones is 1. The Bertz CT molecular complexity index is 985. The Morgan fingerprint density at radius 3 is 2.11 bits per heavy atom. The van der Waals surface area contributed by atoms with Gasteiger partial charge in [-0.25, -0.2) is 4.79 Å². The number of aliphatic hydroxyl groups excluding tert-OH is 2. The summed E-state index contributed by atoms with van der Waals surface area (Å²) in [6.45, 7) is 1.15. The van der Waals surface area contributed by atoms with Crippen LogP contribution < -0.4 is 5.32 Å². The van der Waals surface area contributed by atoms with E-state index in [0.29, 0.717) is 0 Å². The molecule has 10 heteroatoms. The molecule has 1 saturated heterocycles. The first-order chi connectivity index (χ1) is 17.3. The number of carbonyl (C=O) groups is 3. The van der Waals surface area contributed by atoms with Gasteiger partial charge in [0.1, 0.15) is 43.4 Å². The Labute approximate surface area is 209 Å². The predicted octanol–water partition coefficient (Wildman–Crippen LogP) is 1.86. The number of carbonyl (C=O) groups excluding carboxylic acids is 3. The van der Waals surface area contributed by atoms with Gasteiger partial charge in [-0.2, -0.15) is 0 Å². The molecular weight excluding hydrogens is 470 g/mol. The van der Waals surface area contributed by atoms with E-state index >= 15 is 0 Å². The Morgan fingerprint density at radius 1 is 0.889 bits per heavy atom. The molecule has 0 aromatic heterocycles. The van der Waals surface area contributed by atoms with Crippen LogP contribution in [0.3, 0.4) is 0 Å². The van der Waals surface area contributed by atoms with Crippen molar-refractivity contribution in [2.75, 3.05) is 6.61 Å². The number of hydrogen-bond donors (Lipinski definition) is 3. The van der Waals surface area contributed by atoms with E-state index in [0.717, 1.165) is 11.1 Å². The van der Waals surface area contributed by atoms with Crippen LogP contribution in [0.2, 0.25) is 0 Å². The van der Waals surface area contributed by atoms with Gasteiger partial charge in [0.25, 0.3) is 0 Å². The maximum Gasteiger partial charge on any atom is 0.407 e. The van der Waals surface area contributed by atoms with Gasteiger partial charge in [-0.1, -0.05) is 60.7 Å². The van der Waals surface area contributed by atoms with Crippen molar-refractivity contribution >= 4 is 17.8 Å². The fourth-order valence-electron chi connectivity index (χ4n) is 3.62. The monoisotopic (exact) mass is 501 g/mol. The van der Waals surface area contributed by atoms with Crippen molar-refractivity contribution in [3.8, 4) is 0 Å². The van der Waals surface area contributed by atoms with Gasteiger partial charge < -0.3 is 39.3 Å². The van der Waals surface area contributed by atoms with Crippen molar-refractivity contribution in [3.63, 3.8) is 0 Å². The molecule has 1 heterocycles. The summed E-state index contributed by atoms with van der Waals surface area (Å²) in [7, 11) is 0. The van der Waals surface area contributed by atoms with E-state index in [-0.39, 0.29) is 38.4 Å². The molecule has 3 N–H and O–H groups in total. The van der Waals surface area contributed by atoms with E-state index < -0.39 is 42.7 Å². The van der Waals surface area contributed by atoms with Gasteiger partial charge in [-0.15, -0.1) is 0 Å². The molecule has 0 bridgehead atoms. The summed E-state index contributed by atoms with van der Waals surface area (Å²) in [6.07, 6.45) is -6.04. The number of hydrogen-bond acceptors (Lipinski definition) is 9. The van der Waals surface area contributed by atoms with E-state index in [9.17, 15) is 24.6 Å². The Kier molecular flexibility index (Phi) is 10.4. The number of rotatable bonds is 11. The summed E-state index contributed by atoms with van der Waals surface area (Å²) in [5.41, 5.74) is 1.59. The first-order valence-electron chi connectivity index (χ1n) is 11.6. The van der Waals surface area contributed by atoms with Gasteiger partial charge in [-0.05, 0) is 18.1 Å². The molecule has 1 amide bonds. The zero-order valence-corrected chi connectivity index (χ0v) is 19.9. The standard InChI is InChI=1S/C26H31NO9/c1-17(28)12-13-21(29)33-16-20-24(34-14-18-8-4-2-5-9-18)23(30)22(25(31)36-20)27-26(32)35-15-19-10-6-3-7-11-19/h2-11,20,22-25,30-31H,12-16H2,1H3,(H,27,32)/t20-,22-,23-,24-,25+/m1/s1. The summed E-state index contributed by atoms with van der Waals surface area (Å²) in [5.74, 6) is -0.770. The molecule has 0 aliphatic carbocycles. The van der Waals surface area contributed by atoms with Crippen molar-refractivity contribution in [2.45, 2.75) is 63.6 Å². The molecule has 0 radical (unpaired) electrons. The van der Waals surface area contributed by atoms with E-state index in [1.165, 1.54) is 6.92 Å². The minimum Gasteiger partial charge on any atom is -0.463 e. The first kappa shape index (κ1) is 27.3. The fourth-order valence-corrected chi connectivity index (χ4v) is 3.62. The lowest BCUT2D eigenvalue weighted by atomic mass is 9.96. The maximum atomic E-state index is 12.3. The van der Waals surface area contributed by atoms with Crippen molar-refractivity contribution < 1.29 is 43.5 Å². The minimum absolute atomic E-state index is 0.000778. The summed E-state index contributed by atoms with van der Waals surface area (Å²) in [5, 5.41) is 23.9. The molecule has 0 spiro atoms. The molecule has 0 saturated carbocycles. The summed E-state index contributed by atoms with van der Waals surface area (Å²) >= 11 is 0. The summed E-state index contributed by atoms with van der Waals surface area (Å²) in [4.78, 5) is 35.4. The molecule has 2 aromatic rings. The second kappa shape index (κ2) is 13.7. The lowest BCUT2D eigenvalue weighted by Gasteiger charge is -2.42. The van der Waals surface area contributed by atoms with Gasteiger partial charge in [0.15, 0.2) is 6.29 Å². The average molecular weight is 502 g/mol. The highest BCUT2D eigenvalue weighted by molar-refractivity contribution is 5.80. The zero-order chi connectivity index (χ0) is 25.9. The number of ether oxygens (including phenoxy) is 4. The van der Waals surface area contributed by atoms with Crippen LogP contribution >= 0.6 is 0 Å². The maximum absolute atomic E-state index is 12.3. The molecule has 3 rings (SSSR count). The highest BCUT2D eigenvalue weighted by atomic mass is 16.7. The topological polar surface area (TPSA) is 141 Å². The Balaban J connectivity index is 1.63. The van der Waals surface area contributed by atoms with Crippen LogP contribution in [0.1, 0.15) is 30.9 Å². The van der Waals surface area contributed by atoms with Gasteiger partial charge >= 0.3 is 12.1 Å². The number of alkyl carbamates (subject to hydrolysis) is 1. The van der Waals surface area contributed by atoms with E-state index in [4.69, 9.17) is 18.9 Å². The van der Waals surface area contributed by atoms with E-state index in [1.807, 2.05) is 36.4 Å². The predicted molar refractivity (Wildman–Crippen MR) is 126 cm³/mol. The number of esters is 1. The molecule has 36 heavy (non-hydrogen) atoms. The van der Waals surface area contributed by atoms with Gasteiger partial charge in [-0.3, -0.25) is 4.79 Å². The third-order valence-corrected chi connectivity index (χ3v) is 5.56. The molecule has 194 valence electrons. The Hall–Kier alpha value is -3.31. The van der Waals surface area contributed by atoms with Crippen LogP contribution in [0.5, 0.6) is 0 Å². The van der Waals surface area contributed by atoms with Gasteiger partial charge in [0, 0.05) is 6.42 Å². The van der Waals surface area contributed by atoms with Crippen molar-refractivity contribution in [2.24, 2.45) is 0 Å². The lowest BCUT2D eigenvalue weighted by molar-refractivity contribution is -0.266. The number of amides is 1. The normalized spacial score (nSPS) is 23.5. The number of aliphatic hydroxyl groups is 2. The molecule has 0 unspecified atom stereocenters. The number of benzene rings is 2. The van der Waals surface area contributed by atoms with Crippen LogP contribution in [-0.4, -0.2) is 65.3 Å². The van der Waals surface area contributed by atoms with Gasteiger partial charge in [0.2, 0.25) is 0 Å². The molecule has 1 aliphatic heterocycles. The molecule has 1 aliphatic rings. The summed E-state index contributed by atoms with van der Waals surface area (Å²) < 4.78 is 21.8. The third-order valence-electron chi connectivity index (χ3n) is 5.56. The highest BCUT2D eigenvalue weighted by Gasteiger charge is 2.46. The number of nitrogens with one attached hydrogen (secondary N) is 1. The second-order valence-corrected chi connectivity index (χ2v) is 8.43. The number of Topliss-reactive ketones (excluding diaryl/α,β-unsaturated/α-hetero) is 1. The van der Waals surface area contributed by atoms with Crippen LogP contribution in [0.25, 0.3) is 0 Å². The minimum atomic E-state index is -1.62. The quantitative estimate of drug-likeness (QED) is 0.394. The summed E-state index contributed by atoms with van der Waals surface area (Å²) in [6, 6.07) is 16.9. The second-order valence-electron chi connectivity index (χ2n) is 8.43. The van der Waals surface area contributed by atoms with Crippen molar-refractivity contribution in [1.29, 1.82) is 0 Å². The SMILES string of the molecule is CC(=O)CCC(=O)OC[C@H]1O[C@H](O)[C@H](NC(=O)OCc2ccccc2)[C@@H](O)[C@@H]1OCc1ccccc1. The Morgan fingerprint density at radius 2 is 1.50 bits per heavy atom. The third kappa shape index (κ3) is 8.42. The van der Waals surface area contributed by atoms with Crippen molar-refractivity contribution in [1.82, 2.24) is 5.32 Å². The van der Waals surface area contributed by atoms with Gasteiger partial charge in [0.05, 0.1) is 13.0 Å². The van der Waals surface area contributed by atoms with Crippen molar-refractivity contribution in [3.05, 3.63) is 71.8 Å². The van der Waals surface area contributed by atoms with Crippen LogP contribution in [0.4, 0.5) is 4.79 Å². The zero-order valence-electron chi connectivity index (χ0n) is 19.9. The smallest absolute Gasteiger partial charge is 0.407 e. The molecule has 2 aromatic carbocycles. The van der Waals surface area contributed by atoms with E-state index in [1.54, 1.807) is 24.3 Å². The first-order valence-corrected chi connectivity index (χ1v) is 11.6.